The number of hydrogen-bond donors (Lipinski definition) is 2. The highest BCUT2D eigenvalue weighted by Gasteiger charge is 2.14. The molecule has 20 heavy (non-hydrogen) atoms. The lowest BCUT2D eigenvalue weighted by molar-refractivity contribution is 0.0411. The normalized spacial score (nSPS) is 11.6. The standard InChI is InChI=1S/C12H24N2O6/c1-4-10(20-12(16)14-6-8-18-3)9-19-11(15)13-5-7-17-2/h10H,4-9H2,1-3H3,(H,13,15)(H,14,16). The second kappa shape index (κ2) is 12.5. The molecule has 0 aliphatic carbocycles. The summed E-state index contributed by atoms with van der Waals surface area (Å²) in [4.78, 5) is 22.7. The van der Waals surface area contributed by atoms with Crippen LogP contribution >= 0.6 is 0 Å². The topological polar surface area (TPSA) is 95.1 Å². The Kier molecular flexibility index (Phi) is 11.5. The number of methoxy groups -OCH3 is 2. The van der Waals surface area contributed by atoms with Crippen LogP contribution in [0.4, 0.5) is 9.59 Å². The van der Waals surface area contributed by atoms with Gasteiger partial charge in [0, 0.05) is 27.3 Å². The number of alkyl carbamates (subject to hydrolysis) is 2. The molecule has 2 N–H and O–H groups in total. The minimum atomic E-state index is -0.566. The van der Waals surface area contributed by atoms with Gasteiger partial charge < -0.3 is 29.6 Å². The maximum Gasteiger partial charge on any atom is 0.407 e. The highest BCUT2D eigenvalue weighted by atomic mass is 16.6. The Balaban J connectivity index is 3.79. The van der Waals surface area contributed by atoms with Gasteiger partial charge in [-0.25, -0.2) is 9.59 Å². The summed E-state index contributed by atoms with van der Waals surface area (Å²) in [6, 6.07) is 0. The third-order valence-electron chi connectivity index (χ3n) is 2.28. The van der Waals surface area contributed by atoms with Gasteiger partial charge in [-0.05, 0) is 6.42 Å². The van der Waals surface area contributed by atoms with E-state index in [-0.39, 0.29) is 6.61 Å². The molecule has 8 nitrogen and oxygen atoms in total. The number of rotatable bonds is 10. The molecule has 0 aromatic heterocycles. The average Bonchev–Trinajstić information content (AvgIpc) is 2.44. The van der Waals surface area contributed by atoms with Crippen LogP contribution in [-0.2, 0) is 18.9 Å². The van der Waals surface area contributed by atoms with Gasteiger partial charge in [-0.15, -0.1) is 0 Å². The van der Waals surface area contributed by atoms with Crippen molar-refractivity contribution in [1.82, 2.24) is 10.6 Å². The number of carbonyl (C=O) groups excluding carboxylic acids is 2. The predicted octanol–water partition coefficient (Wildman–Crippen LogP) is 0.510. The summed E-state index contributed by atoms with van der Waals surface area (Å²) < 4.78 is 19.6. The minimum absolute atomic E-state index is 0.00696. The summed E-state index contributed by atoms with van der Waals surface area (Å²) in [7, 11) is 3.08. The number of hydrogen-bond acceptors (Lipinski definition) is 6. The van der Waals surface area contributed by atoms with E-state index in [0.29, 0.717) is 32.7 Å². The second-order valence-corrected chi connectivity index (χ2v) is 3.87. The van der Waals surface area contributed by atoms with Crippen LogP contribution in [0.1, 0.15) is 13.3 Å². The van der Waals surface area contributed by atoms with Crippen LogP contribution < -0.4 is 10.6 Å². The van der Waals surface area contributed by atoms with E-state index in [4.69, 9.17) is 18.9 Å². The fraction of sp³-hybridized carbons (Fsp3) is 0.833. The lowest BCUT2D eigenvalue weighted by Gasteiger charge is -2.16. The maximum absolute atomic E-state index is 11.4. The molecule has 0 radical (unpaired) electrons. The monoisotopic (exact) mass is 292 g/mol. The largest absolute Gasteiger partial charge is 0.446 e. The number of ether oxygens (including phenoxy) is 4. The van der Waals surface area contributed by atoms with E-state index in [1.165, 1.54) is 14.2 Å². The highest BCUT2D eigenvalue weighted by Crippen LogP contribution is 1.99. The number of amides is 2. The van der Waals surface area contributed by atoms with Crippen molar-refractivity contribution in [2.45, 2.75) is 19.4 Å². The molecule has 0 heterocycles. The van der Waals surface area contributed by atoms with Crippen LogP contribution in [0.15, 0.2) is 0 Å². The zero-order valence-corrected chi connectivity index (χ0v) is 12.3. The van der Waals surface area contributed by atoms with E-state index in [1.54, 1.807) is 0 Å². The quantitative estimate of drug-likeness (QED) is 0.570. The first-order valence-corrected chi connectivity index (χ1v) is 6.47. The third kappa shape index (κ3) is 10.4. The van der Waals surface area contributed by atoms with Gasteiger partial charge in [-0.1, -0.05) is 6.92 Å². The molecule has 1 unspecified atom stereocenters. The van der Waals surface area contributed by atoms with E-state index in [9.17, 15) is 9.59 Å². The van der Waals surface area contributed by atoms with Crippen molar-refractivity contribution in [1.29, 1.82) is 0 Å². The fourth-order valence-corrected chi connectivity index (χ4v) is 1.16. The molecule has 8 heteroatoms. The summed E-state index contributed by atoms with van der Waals surface area (Å²) in [6.45, 7) is 3.38. The van der Waals surface area contributed by atoms with Crippen LogP contribution in [0, 0.1) is 0 Å². The highest BCUT2D eigenvalue weighted by molar-refractivity contribution is 5.68. The van der Waals surface area contributed by atoms with E-state index < -0.39 is 18.3 Å². The summed E-state index contributed by atoms with van der Waals surface area (Å²) in [5.74, 6) is 0. The Morgan fingerprint density at radius 3 is 2.05 bits per heavy atom. The Bertz CT molecular complexity index is 275. The predicted molar refractivity (Wildman–Crippen MR) is 71.7 cm³/mol. The SMILES string of the molecule is CCC(COC(=O)NCCOC)OC(=O)NCCOC. The molecule has 0 rings (SSSR count). The van der Waals surface area contributed by atoms with Gasteiger partial charge in [0.25, 0.3) is 0 Å². The second-order valence-electron chi connectivity index (χ2n) is 3.87. The van der Waals surface area contributed by atoms with Crippen molar-refractivity contribution in [3.63, 3.8) is 0 Å². The van der Waals surface area contributed by atoms with Gasteiger partial charge in [0.1, 0.15) is 12.7 Å². The number of nitrogens with one attached hydrogen (secondary N) is 2. The van der Waals surface area contributed by atoms with Gasteiger partial charge in [-0.2, -0.15) is 0 Å². The number of carbonyl (C=O) groups is 2. The van der Waals surface area contributed by atoms with Gasteiger partial charge >= 0.3 is 12.2 Å². The van der Waals surface area contributed by atoms with Crippen LogP contribution in [0.5, 0.6) is 0 Å². The molecule has 0 saturated carbocycles. The molecule has 0 aromatic carbocycles. The van der Waals surface area contributed by atoms with E-state index in [0.717, 1.165) is 0 Å². The zero-order valence-electron chi connectivity index (χ0n) is 12.3. The molecule has 0 aliphatic heterocycles. The van der Waals surface area contributed by atoms with Crippen LogP contribution in [-0.4, -0.2) is 65.4 Å². The van der Waals surface area contributed by atoms with E-state index >= 15 is 0 Å². The van der Waals surface area contributed by atoms with Crippen molar-refractivity contribution >= 4 is 12.2 Å². The Labute approximate surface area is 119 Å². The summed E-state index contributed by atoms with van der Waals surface area (Å²) in [5, 5.41) is 5.02. The molecule has 0 fully saturated rings. The van der Waals surface area contributed by atoms with Gasteiger partial charge in [0.05, 0.1) is 13.2 Å². The lowest BCUT2D eigenvalue weighted by atomic mass is 10.3. The Morgan fingerprint density at radius 1 is 1.00 bits per heavy atom. The van der Waals surface area contributed by atoms with E-state index in [1.807, 2.05) is 6.92 Å². The first kappa shape index (κ1) is 18.5. The summed E-state index contributed by atoms with van der Waals surface area (Å²) in [6.07, 6.45) is -1.06. The molecule has 0 spiro atoms. The van der Waals surface area contributed by atoms with Crippen molar-refractivity contribution < 1.29 is 28.5 Å². The average molecular weight is 292 g/mol. The third-order valence-corrected chi connectivity index (χ3v) is 2.28. The first-order valence-electron chi connectivity index (χ1n) is 6.47. The van der Waals surface area contributed by atoms with Crippen molar-refractivity contribution in [2.24, 2.45) is 0 Å². The van der Waals surface area contributed by atoms with Gasteiger partial charge in [0.2, 0.25) is 0 Å². The van der Waals surface area contributed by atoms with Crippen molar-refractivity contribution in [3.8, 4) is 0 Å². The molecule has 2 amide bonds. The Morgan fingerprint density at radius 2 is 1.55 bits per heavy atom. The zero-order chi connectivity index (χ0) is 15.2. The van der Waals surface area contributed by atoms with Crippen LogP contribution in [0.25, 0.3) is 0 Å². The van der Waals surface area contributed by atoms with Crippen LogP contribution in [0.3, 0.4) is 0 Å². The van der Waals surface area contributed by atoms with Crippen molar-refractivity contribution in [2.75, 3.05) is 47.1 Å². The molecular formula is C12H24N2O6. The van der Waals surface area contributed by atoms with Crippen LogP contribution in [0.2, 0.25) is 0 Å². The van der Waals surface area contributed by atoms with Gasteiger partial charge in [0.15, 0.2) is 0 Å². The maximum atomic E-state index is 11.4. The summed E-state index contributed by atoms with van der Waals surface area (Å²) in [5.41, 5.74) is 0. The Hall–Kier alpha value is -1.54. The van der Waals surface area contributed by atoms with Crippen molar-refractivity contribution in [3.05, 3.63) is 0 Å². The molecule has 0 aliphatic rings. The molecule has 0 aromatic rings. The molecule has 0 bridgehead atoms. The lowest BCUT2D eigenvalue weighted by Crippen LogP contribution is -2.35. The molecule has 118 valence electrons. The minimum Gasteiger partial charge on any atom is -0.446 e. The molecular weight excluding hydrogens is 268 g/mol. The molecule has 0 saturated heterocycles. The van der Waals surface area contributed by atoms with E-state index in [2.05, 4.69) is 10.6 Å². The summed E-state index contributed by atoms with van der Waals surface area (Å²) >= 11 is 0. The van der Waals surface area contributed by atoms with Gasteiger partial charge in [-0.3, -0.25) is 0 Å². The molecule has 1 atom stereocenters. The smallest absolute Gasteiger partial charge is 0.407 e. The first-order chi connectivity index (χ1) is 9.63. The fourth-order valence-electron chi connectivity index (χ4n) is 1.16.